The number of benzene rings is 1. The molecule has 1 aliphatic heterocycles. The van der Waals surface area contributed by atoms with Crippen molar-refractivity contribution in [2.45, 2.75) is 6.18 Å². The van der Waals surface area contributed by atoms with Gasteiger partial charge in [0.05, 0.1) is 11.3 Å². The SMILES string of the molecule is O=C1C(=O)N(CC(F)(F)F)c2c(F)cc(F)cc21. The van der Waals surface area contributed by atoms with Crippen LogP contribution >= 0.6 is 0 Å². The predicted molar refractivity (Wildman–Crippen MR) is 49.1 cm³/mol. The summed E-state index contributed by atoms with van der Waals surface area (Å²) < 4.78 is 62.8. The minimum Gasteiger partial charge on any atom is -0.293 e. The molecule has 18 heavy (non-hydrogen) atoms. The first-order chi connectivity index (χ1) is 8.20. The largest absolute Gasteiger partial charge is 0.406 e. The highest BCUT2D eigenvalue weighted by Gasteiger charge is 2.44. The van der Waals surface area contributed by atoms with Crippen LogP contribution in [0.5, 0.6) is 0 Å². The lowest BCUT2D eigenvalue weighted by Gasteiger charge is -2.18. The highest BCUT2D eigenvalue weighted by molar-refractivity contribution is 6.52. The third-order valence-corrected chi connectivity index (χ3v) is 2.32. The Bertz CT molecular complexity index is 552. The number of ketones is 1. The Balaban J connectivity index is 2.55. The fourth-order valence-electron chi connectivity index (χ4n) is 1.68. The van der Waals surface area contributed by atoms with Crippen molar-refractivity contribution >= 4 is 17.4 Å². The fraction of sp³-hybridized carbons (Fsp3) is 0.200. The number of carbonyl (C=O) groups is 2. The molecule has 1 aromatic rings. The molecule has 3 nitrogen and oxygen atoms in total. The maximum Gasteiger partial charge on any atom is 0.406 e. The van der Waals surface area contributed by atoms with Crippen LogP contribution in [0.3, 0.4) is 0 Å². The van der Waals surface area contributed by atoms with Gasteiger partial charge in [-0.3, -0.25) is 14.5 Å². The molecule has 0 fully saturated rings. The summed E-state index contributed by atoms with van der Waals surface area (Å²) in [5.41, 5.74) is -1.52. The van der Waals surface area contributed by atoms with Gasteiger partial charge in [-0.2, -0.15) is 13.2 Å². The van der Waals surface area contributed by atoms with Crippen molar-refractivity contribution in [2.24, 2.45) is 0 Å². The van der Waals surface area contributed by atoms with E-state index in [0.29, 0.717) is 12.1 Å². The molecule has 96 valence electrons. The van der Waals surface area contributed by atoms with Crippen LogP contribution < -0.4 is 4.90 Å². The molecule has 8 heteroatoms. The molecule has 0 unspecified atom stereocenters. The molecule has 0 N–H and O–H groups in total. The van der Waals surface area contributed by atoms with E-state index in [1.807, 2.05) is 0 Å². The van der Waals surface area contributed by atoms with Crippen molar-refractivity contribution in [1.29, 1.82) is 0 Å². The lowest BCUT2D eigenvalue weighted by atomic mass is 10.1. The van der Waals surface area contributed by atoms with E-state index in [1.165, 1.54) is 0 Å². The number of halogens is 5. The van der Waals surface area contributed by atoms with Crippen LogP contribution in [0.1, 0.15) is 10.4 Å². The molecule has 0 atom stereocenters. The van der Waals surface area contributed by atoms with Gasteiger partial charge in [0.1, 0.15) is 12.4 Å². The number of amides is 1. The summed E-state index contributed by atoms with van der Waals surface area (Å²) in [7, 11) is 0. The average molecular weight is 265 g/mol. The third-order valence-electron chi connectivity index (χ3n) is 2.32. The molecule has 0 aromatic heterocycles. The molecule has 0 radical (unpaired) electrons. The molecular weight excluding hydrogens is 261 g/mol. The fourth-order valence-corrected chi connectivity index (χ4v) is 1.68. The van der Waals surface area contributed by atoms with Crippen molar-refractivity contribution in [1.82, 2.24) is 0 Å². The second-order valence-electron chi connectivity index (χ2n) is 3.62. The second kappa shape index (κ2) is 3.76. The molecule has 1 aromatic carbocycles. The van der Waals surface area contributed by atoms with Gasteiger partial charge in [0.15, 0.2) is 5.82 Å². The Morgan fingerprint density at radius 2 is 1.72 bits per heavy atom. The first-order valence-corrected chi connectivity index (χ1v) is 4.62. The summed E-state index contributed by atoms with van der Waals surface area (Å²) >= 11 is 0. The molecule has 0 saturated heterocycles. The van der Waals surface area contributed by atoms with Crippen LogP contribution in [-0.2, 0) is 4.79 Å². The van der Waals surface area contributed by atoms with Crippen molar-refractivity contribution in [3.05, 3.63) is 29.3 Å². The molecule has 0 saturated carbocycles. The van der Waals surface area contributed by atoms with Crippen LogP contribution in [0.25, 0.3) is 0 Å². The highest BCUT2D eigenvalue weighted by Crippen LogP contribution is 2.34. The molecule has 0 spiro atoms. The number of fused-ring (bicyclic) bond motifs is 1. The third kappa shape index (κ3) is 1.93. The van der Waals surface area contributed by atoms with Crippen LogP contribution in [-0.4, -0.2) is 24.4 Å². The van der Waals surface area contributed by atoms with E-state index < -0.39 is 47.3 Å². The summed E-state index contributed by atoms with van der Waals surface area (Å²) in [4.78, 5) is 22.6. The van der Waals surface area contributed by atoms with Crippen LogP contribution in [0.2, 0.25) is 0 Å². The quantitative estimate of drug-likeness (QED) is 0.575. The standard InChI is InChI=1S/C10H4F5NO2/c11-4-1-5-7(6(12)2-4)16(3-10(13,14)15)9(18)8(5)17/h1-2H,3H2. The zero-order valence-electron chi connectivity index (χ0n) is 8.52. The number of Topliss-reactive ketones (excluding diaryl/α,β-unsaturated/α-hetero) is 1. The smallest absolute Gasteiger partial charge is 0.293 e. The molecule has 1 heterocycles. The van der Waals surface area contributed by atoms with E-state index in [2.05, 4.69) is 0 Å². The number of hydrogen-bond donors (Lipinski definition) is 0. The Morgan fingerprint density at radius 3 is 2.28 bits per heavy atom. The summed E-state index contributed by atoms with van der Waals surface area (Å²) in [5.74, 6) is -5.39. The molecule has 1 amide bonds. The van der Waals surface area contributed by atoms with Crippen molar-refractivity contribution < 1.29 is 31.5 Å². The van der Waals surface area contributed by atoms with Gasteiger partial charge in [0.2, 0.25) is 0 Å². The summed E-state index contributed by atoms with van der Waals surface area (Å²) in [6.45, 7) is -1.80. The van der Waals surface area contributed by atoms with E-state index in [-0.39, 0.29) is 4.90 Å². The Hall–Kier alpha value is -1.99. The predicted octanol–water partition coefficient (Wildman–Crippen LogP) is 2.06. The molecule has 0 bridgehead atoms. The Labute approximate surface area is 96.8 Å². The monoisotopic (exact) mass is 265 g/mol. The van der Waals surface area contributed by atoms with Crippen molar-refractivity contribution in [3.8, 4) is 0 Å². The molecule has 2 rings (SSSR count). The van der Waals surface area contributed by atoms with E-state index >= 15 is 0 Å². The number of rotatable bonds is 1. The highest BCUT2D eigenvalue weighted by atomic mass is 19.4. The average Bonchev–Trinajstić information content (AvgIpc) is 2.42. The number of hydrogen-bond acceptors (Lipinski definition) is 2. The normalized spacial score (nSPS) is 15.3. The second-order valence-corrected chi connectivity index (χ2v) is 3.62. The zero-order chi connectivity index (χ0) is 13.7. The van der Waals surface area contributed by atoms with Gasteiger partial charge in [0.25, 0.3) is 11.7 Å². The summed E-state index contributed by atoms with van der Waals surface area (Å²) in [6, 6.07) is 0.850. The number of anilines is 1. The van der Waals surface area contributed by atoms with Gasteiger partial charge in [-0.15, -0.1) is 0 Å². The van der Waals surface area contributed by atoms with Gasteiger partial charge >= 0.3 is 6.18 Å². The van der Waals surface area contributed by atoms with Gasteiger partial charge in [0, 0.05) is 6.07 Å². The maximum absolute atomic E-state index is 13.4. The van der Waals surface area contributed by atoms with Crippen LogP contribution in [0.15, 0.2) is 12.1 Å². The lowest BCUT2D eigenvalue weighted by molar-refractivity contribution is -0.129. The van der Waals surface area contributed by atoms with Gasteiger partial charge < -0.3 is 0 Å². The number of carbonyl (C=O) groups excluding carboxylic acids is 2. The Morgan fingerprint density at radius 1 is 1.11 bits per heavy atom. The topological polar surface area (TPSA) is 37.4 Å². The van der Waals surface area contributed by atoms with Crippen molar-refractivity contribution in [3.63, 3.8) is 0 Å². The van der Waals surface area contributed by atoms with Gasteiger partial charge in [-0.05, 0) is 6.07 Å². The molecule has 1 aliphatic rings. The maximum atomic E-state index is 13.4. The summed E-state index contributed by atoms with van der Waals surface area (Å²) in [5, 5.41) is 0. The van der Waals surface area contributed by atoms with E-state index in [4.69, 9.17) is 0 Å². The first kappa shape index (κ1) is 12.5. The van der Waals surface area contributed by atoms with E-state index in [9.17, 15) is 31.5 Å². The summed E-state index contributed by atoms with van der Waals surface area (Å²) in [6.07, 6.45) is -4.79. The minimum absolute atomic E-state index is 0.0353. The Kier molecular flexibility index (Phi) is 2.60. The van der Waals surface area contributed by atoms with Gasteiger partial charge in [-0.25, -0.2) is 8.78 Å². The van der Waals surface area contributed by atoms with E-state index in [1.54, 1.807) is 0 Å². The number of alkyl halides is 3. The minimum atomic E-state index is -4.79. The van der Waals surface area contributed by atoms with E-state index in [0.717, 1.165) is 0 Å². The molecule has 0 aliphatic carbocycles. The van der Waals surface area contributed by atoms with Crippen LogP contribution in [0, 0.1) is 11.6 Å². The van der Waals surface area contributed by atoms with Crippen LogP contribution in [0.4, 0.5) is 27.6 Å². The van der Waals surface area contributed by atoms with Crippen molar-refractivity contribution in [2.75, 3.05) is 11.4 Å². The first-order valence-electron chi connectivity index (χ1n) is 4.62. The lowest BCUT2D eigenvalue weighted by Crippen LogP contribution is -2.38. The number of nitrogens with zero attached hydrogens (tertiary/aromatic N) is 1. The van der Waals surface area contributed by atoms with Gasteiger partial charge in [-0.1, -0.05) is 0 Å². The molecular formula is C10H4F5NO2. The zero-order valence-corrected chi connectivity index (χ0v) is 8.52.